The maximum absolute atomic E-state index is 12.1. The Labute approximate surface area is 120 Å². The van der Waals surface area contributed by atoms with E-state index in [1.165, 1.54) is 13.8 Å². The zero-order chi connectivity index (χ0) is 15.8. The first-order valence-corrected chi connectivity index (χ1v) is 6.79. The molecule has 20 heavy (non-hydrogen) atoms. The van der Waals surface area contributed by atoms with E-state index in [4.69, 9.17) is 9.47 Å². The predicted octanol–water partition coefficient (Wildman–Crippen LogP) is 1.42. The molecule has 0 spiro atoms. The van der Waals surface area contributed by atoms with Crippen molar-refractivity contribution in [3.63, 3.8) is 0 Å². The van der Waals surface area contributed by atoms with Gasteiger partial charge in [-0.15, -0.1) is 0 Å². The van der Waals surface area contributed by atoms with Crippen molar-refractivity contribution in [2.45, 2.75) is 53.6 Å². The number of rotatable bonds is 8. The number of esters is 2. The molecule has 0 aromatic rings. The summed E-state index contributed by atoms with van der Waals surface area (Å²) in [5, 5.41) is 2.73. The molecule has 6 heteroatoms. The van der Waals surface area contributed by atoms with E-state index in [9.17, 15) is 14.4 Å². The molecule has 1 N–H and O–H groups in total. The maximum atomic E-state index is 12.1. The third kappa shape index (κ3) is 7.11. The highest BCUT2D eigenvalue weighted by atomic mass is 16.6. The highest BCUT2D eigenvalue weighted by Gasteiger charge is 2.39. The summed E-state index contributed by atoms with van der Waals surface area (Å²) in [4.78, 5) is 34.2. The molecule has 0 radical (unpaired) electrons. The van der Waals surface area contributed by atoms with Crippen molar-refractivity contribution >= 4 is 17.8 Å². The van der Waals surface area contributed by atoms with Gasteiger partial charge in [0.25, 0.3) is 5.91 Å². The van der Waals surface area contributed by atoms with Gasteiger partial charge in [0.15, 0.2) is 6.10 Å². The molecule has 0 saturated carbocycles. The molecule has 1 amide bonds. The van der Waals surface area contributed by atoms with Crippen molar-refractivity contribution in [1.82, 2.24) is 5.32 Å². The van der Waals surface area contributed by atoms with Crippen LogP contribution >= 0.6 is 0 Å². The lowest BCUT2D eigenvalue weighted by Crippen LogP contribution is -2.48. The lowest BCUT2D eigenvalue weighted by Gasteiger charge is -2.31. The van der Waals surface area contributed by atoms with E-state index >= 15 is 0 Å². The van der Waals surface area contributed by atoms with Gasteiger partial charge in [-0.05, 0) is 6.42 Å². The Morgan fingerprint density at radius 1 is 1.15 bits per heavy atom. The van der Waals surface area contributed by atoms with Crippen molar-refractivity contribution in [3.05, 3.63) is 0 Å². The minimum Gasteiger partial charge on any atom is -0.465 e. The van der Waals surface area contributed by atoms with Gasteiger partial charge >= 0.3 is 11.9 Å². The Balaban J connectivity index is 4.78. The van der Waals surface area contributed by atoms with Crippen molar-refractivity contribution in [1.29, 1.82) is 0 Å². The number of ether oxygens (including phenoxy) is 2. The van der Waals surface area contributed by atoms with Crippen LogP contribution in [0.1, 0.15) is 47.5 Å². The van der Waals surface area contributed by atoms with E-state index in [0.29, 0.717) is 6.54 Å². The molecule has 0 rings (SSSR count). The molecule has 0 aliphatic heterocycles. The van der Waals surface area contributed by atoms with Crippen LogP contribution in [0.15, 0.2) is 0 Å². The largest absolute Gasteiger partial charge is 0.465 e. The lowest BCUT2D eigenvalue weighted by atomic mass is 9.86. The molecule has 0 aromatic heterocycles. The minimum atomic E-state index is -0.990. The fourth-order valence-corrected chi connectivity index (χ4v) is 1.58. The number of carbonyl (C=O) groups excluding carboxylic acids is 3. The standard InChI is InChI=1S/C14H25NO5/c1-6-7-8-15-13(18)12(20-11(3)17)14(4,5)9-19-10(2)16/h12H,6-9H2,1-5H3,(H,15,18)/t12-/m0/s1. The van der Waals surface area contributed by atoms with Crippen molar-refractivity contribution in [2.75, 3.05) is 13.2 Å². The monoisotopic (exact) mass is 287 g/mol. The summed E-state index contributed by atoms with van der Waals surface area (Å²) in [6.45, 7) is 8.50. The van der Waals surface area contributed by atoms with Gasteiger partial charge in [-0.1, -0.05) is 27.2 Å². The number of carbonyl (C=O) groups is 3. The number of hydrogen-bond donors (Lipinski definition) is 1. The van der Waals surface area contributed by atoms with Crippen LogP contribution < -0.4 is 5.32 Å². The minimum absolute atomic E-state index is 0.00147. The molecule has 0 heterocycles. The molecule has 6 nitrogen and oxygen atoms in total. The molecule has 1 atom stereocenters. The molecule has 0 bridgehead atoms. The molecule has 0 aliphatic rings. The summed E-state index contributed by atoms with van der Waals surface area (Å²) in [5.41, 5.74) is -0.798. The summed E-state index contributed by atoms with van der Waals surface area (Å²) in [6.07, 6.45) is 0.814. The molecule has 116 valence electrons. The number of nitrogens with one attached hydrogen (secondary N) is 1. The predicted molar refractivity (Wildman–Crippen MR) is 73.9 cm³/mol. The Morgan fingerprint density at radius 3 is 2.20 bits per heavy atom. The van der Waals surface area contributed by atoms with E-state index in [1.54, 1.807) is 13.8 Å². The van der Waals surface area contributed by atoms with Crippen LogP contribution in [-0.2, 0) is 23.9 Å². The first-order chi connectivity index (χ1) is 9.20. The third-order valence-electron chi connectivity index (χ3n) is 2.71. The van der Waals surface area contributed by atoms with Gasteiger partial charge in [-0.3, -0.25) is 14.4 Å². The molecule has 0 unspecified atom stereocenters. The van der Waals surface area contributed by atoms with Gasteiger partial charge in [0, 0.05) is 25.8 Å². The Hall–Kier alpha value is -1.59. The van der Waals surface area contributed by atoms with Gasteiger partial charge in [-0.25, -0.2) is 0 Å². The average Bonchev–Trinajstić information content (AvgIpc) is 2.33. The summed E-state index contributed by atoms with van der Waals surface area (Å²) in [7, 11) is 0. The average molecular weight is 287 g/mol. The van der Waals surface area contributed by atoms with Gasteiger partial charge in [-0.2, -0.15) is 0 Å². The van der Waals surface area contributed by atoms with Crippen LogP contribution in [0.4, 0.5) is 0 Å². The quantitative estimate of drug-likeness (QED) is 0.539. The van der Waals surface area contributed by atoms with Gasteiger partial charge in [0.1, 0.15) is 6.61 Å². The fourth-order valence-electron chi connectivity index (χ4n) is 1.58. The zero-order valence-corrected chi connectivity index (χ0v) is 12.9. The van der Waals surface area contributed by atoms with Gasteiger partial charge in [0.05, 0.1) is 0 Å². The summed E-state index contributed by atoms with van der Waals surface area (Å²) < 4.78 is 10.0. The van der Waals surface area contributed by atoms with E-state index in [-0.39, 0.29) is 12.5 Å². The van der Waals surface area contributed by atoms with Crippen molar-refractivity contribution < 1.29 is 23.9 Å². The number of unbranched alkanes of at least 4 members (excludes halogenated alkanes) is 1. The van der Waals surface area contributed by atoms with Crippen LogP contribution in [0.2, 0.25) is 0 Å². The summed E-state index contributed by atoms with van der Waals surface area (Å²) in [5.74, 6) is -1.35. The Morgan fingerprint density at radius 2 is 1.75 bits per heavy atom. The highest BCUT2D eigenvalue weighted by Crippen LogP contribution is 2.24. The van der Waals surface area contributed by atoms with Crippen LogP contribution in [0.3, 0.4) is 0 Å². The summed E-state index contributed by atoms with van der Waals surface area (Å²) >= 11 is 0. The topological polar surface area (TPSA) is 81.7 Å². The van der Waals surface area contributed by atoms with Crippen LogP contribution in [0, 0.1) is 5.41 Å². The molecule has 0 aliphatic carbocycles. The highest BCUT2D eigenvalue weighted by molar-refractivity contribution is 5.84. The van der Waals surface area contributed by atoms with E-state index < -0.39 is 23.5 Å². The molecule has 0 fully saturated rings. The Bertz CT molecular complexity index is 351. The van der Waals surface area contributed by atoms with Crippen LogP contribution in [0.5, 0.6) is 0 Å². The second-order valence-corrected chi connectivity index (χ2v) is 5.40. The van der Waals surface area contributed by atoms with Crippen LogP contribution in [-0.4, -0.2) is 37.1 Å². The van der Waals surface area contributed by atoms with E-state index in [0.717, 1.165) is 12.8 Å². The van der Waals surface area contributed by atoms with Gasteiger partial charge in [0.2, 0.25) is 0 Å². The molecule has 0 saturated heterocycles. The maximum Gasteiger partial charge on any atom is 0.303 e. The first kappa shape index (κ1) is 18.4. The second kappa shape index (κ2) is 8.55. The Kier molecular flexibility index (Phi) is 7.87. The smallest absolute Gasteiger partial charge is 0.303 e. The lowest BCUT2D eigenvalue weighted by molar-refractivity contribution is -0.166. The zero-order valence-electron chi connectivity index (χ0n) is 12.9. The normalized spacial score (nSPS) is 12.4. The summed E-state index contributed by atoms with van der Waals surface area (Å²) in [6, 6.07) is 0. The second-order valence-electron chi connectivity index (χ2n) is 5.40. The third-order valence-corrected chi connectivity index (χ3v) is 2.71. The van der Waals surface area contributed by atoms with Crippen molar-refractivity contribution in [2.24, 2.45) is 5.41 Å². The first-order valence-electron chi connectivity index (χ1n) is 6.79. The van der Waals surface area contributed by atoms with Crippen molar-refractivity contribution in [3.8, 4) is 0 Å². The SMILES string of the molecule is CCCCNC(=O)[C@H](OC(C)=O)C(C)(C)COC(C)=O. The number of amides is 1. The van der Waals surface area contributed by atoms with Crippen LogP contribution in [0.25, 0.3) is 0 Å². The van der Waals surface area contributed by atoms with E-state index in [1.807, 2.05) is 6.92 Å². The fraction of sp³-hybridized carbons (Fsp3) is 0.786. The number of hydrogen-bond acceptors (Lipinski definition) is 5. The van der Waals surface area contributed by atoms with Gasteiger partial charge < -0.3 is 14.8 Å². The molecule has 0 aromatic carbocycles. The molecular formula is C14H25NO5. The van der Waals surface area contributed by atoms with E-state index in [2.05, 4.69) is 5.32 Å². The molecular weight excluding hydrogens is 262 g/mol.